The molecule has 2 rings (SSSR count). The molecule has 1 aliphatic rings. The molecule has 0 aliphatic carbocycles. The van der Waals surface area contributed by atoms with E-state index in [2.05, 4.69) is 22.4 Å². The SMILES string of the molecule is COC1=NCNC(c2ccccc2)=C1. The van der Waals surface area contributed by atoms with E-state index in [0.29, 0.717) is 12.6 Å². The van der Waals surface area contributed by atoms with Crippen molar-refractivity contribution in [3.8, 4) is 0 Å². The van der Waals surface area contributed by atoms with Gasteiger partial charge in [0.25, 0.3) is 0 Å². The maximum Gasteiger partial charge on any atom is 0.212 e. The summed E-state index contributed by atoms with van der Waals surface area (Å²) in [4.78, 5) is 4.13. The largest absolute Gasteiger partial charge is 0.481 e. The monoisotopic (exact) mass is 188 g/mol. The fraction of sp³-hybridized carbons (Fsp3) is 0.182. The van der Waals surface area contributed by atoms with Crippen LogP contribution in [0.4, 0.5) is 0 Å². The van der Waals surface area contributed by atoms with E-state index in [1.165, 1.54) is 0 Å². The maximum atomic E-state index is 5.08. The number of nitrogens with zero attached hydrogens (tertiary/aromatic N) is 1. The Balaban J connectivity index is 2.28. The van der Waals surface area contributed by atoms with Crippen LogP contribution in [-0.4, -0.2) is 19.7 Å². The van der Waals surface area contributed by atoms with Crippen molar-refractivity contribution in [2.75, 3.05) is 13.8 Å². The van der Waals surface area contributed by atoms with Crippen molar-refractivity contribution in [1.82, 2.24) is 5.32 Å². The highest BCUT2D eigenvalue weighted by Crippen LogP contribution is 2.13. The molecule has 0 radical (unpaired) electrons. The normalized spacial score (nSPS) is 15.2. The average Bonchev–Trinajstić information content (AvgIpc) is 2.30. The molecule has 0 atom stereocenters. The first-order valence-electron chi connectivity index (χ1n) is 4.49. The van der Waals surface area contributed by atoms with Gasteiger partial charge in [-0.25, -0.2) is 4.99 Å². The lowest BCUT2D eigenvalue weighted by atomic mass is 10.1. The number of ether oxygens (including phenoxy) is 1. The van der Waals surface area contributed by atoms with Gasteiger partial charge in [-0.05, 0) is 5.56 Å². The molecule has 72 valence electrons. The molecule has 0 spiro atoms. The zero-order chi connectivity index (χ0) is 9.80. The third kappa shape index (κ3) is 1.76. The van der Waals surface area contributed by atoms with Gasteiger partial charge in [0.05, 0.1) is 7.11 Å². The summed E-state index contributed by atoms with van der Waals surface area (Å²) >= 11 is 0. The van der Waals surface area contributed by atoms with Crippen molar-refractivity contribution in [2.24, 2.45) is 4.99 Å². The summed E-state index contributed by atoms with van der Waals surface area (Å²) < 4.78 is 5.08. The summed E-state index contributed by atoms with van der Waals surface area (Å²) in [5.41, 5.74) is 2.20. The van der Waals surface area contributed by atoms with Gasteiger partial charge in [0.1, 0.15) is 6.67 Å². The average molecular weight is 188 g/mol. The van der Waals surface area contributed by atoms with Crippen LogP contribution in [0.3, 0.4) is 0 Å². The lowest BCUT2D eigenvalue weighted by Crippen LogP contribution is -2.20. The molecule has 14 heavy (non-hydrogen) atoms. The highest BCUT2D eigenvalue weighted by atomic mass is 16.5. The minimum atomic E-state index is 0.573. The van der Waals surface area contributed by atoms with Crippen LogP contribution in [-0.2, 0) is 4.74 Å². The number of hydrogen-bond acceptors (Lipinski definition) is 3. The molecule has 0 aromatic heterocycles. The Labute approximate surface area is 83.1 Å². The van der Waals surface area contributed by atoms with Crippen LogP contribution < -0.4 is 5.32 Å². The second-order valence-electron chi connectivity index (χ2n) is 2.96. The highest BCUT2D eigenvalue weighted by Gasteiger charge is 2.06. The van der Waals surface area contributed by atoms with Crippen LogP contribution in [0, 0.1) is 0 Å². The number of benzene rings is 1. The lowest BCUT2D eigenvalue weighted by Gasteiger charge is -2.14. The topological polar surface area (TPSA) is 33.6 Å². The Kier molecular flexibility index (Phi) is 2.49. The van der Waals surface area contributed by atoms with Gasteiger partial charge in [0, 0.05) is 11.8 Å². The van der Waals surface area contributed by atoms with Gasteiger partial charge in [0.2, 0.25) is 5.90 Å². The standard InChI is InChI=1S/C11H12N2O/c1-14-11-7-10(12-8-13-11)9-5-3-2-4-6-9/h2-7,12H,8H2,1H3. The van der Waals surface area contributed by atoms with Crippen LogP contribution in [0.1, 0.15) is 5.56 Å². The summed E-state index contributed by atoms with van der Waals surface area (Å²) in [6.45, 7) is 0.573. The van der Waals surface area contributed by atoms with E-state index < -0.39 is 0 Å². The smallest absolute Gasteiger partial charge is 0.212 e. The van der Waals surface area contributed by atoms with E-state index in [9.17, 15) is 0 Å². The fourth-order valence-electron chi connectivity index (χ4n) is 1.35. The van der Waals surface area contributed by atoms with Gasteiger partial charge in [-0.3, -0.25) is 0 Å². The third-order valence-electron chi connectivity index (χ3n) is 2.07. The molecule has 1 N–H and O–H groups in total. The van der Waals surface area contributed by atoms with Gasteiger partial charge in [-0.15, -0.1) is 0 Å². The summed E-state index contributed by atoms with van der Waals surface area (Å²) in [5.74, 6) is 0.669. The molecular formula is C11H12N2O. The second-order valence-corrected chi connectivity index (χ2v) is 2.96. The molecule has 1 aromatic carbocycles. The Morgan fingerprint density at radius 1 is 1.29 bits per heavy atom. The Morgan fingerprint density at radius 2 is 2.07 bits per heavy atom. The predicted octanol–water partition coefficient (Wildman–Crippen LogP) is 1.63. The minimum Gasteiger partial charge on any atom is -0.481 e. The molecular weight excluding hydrogens is 176 g/mol. The number of methoxy groups -OCH3 is 1. The number of aliphatic imine (C=N–C) groups is 1. The molecule has 1 heterocycles. The van der Waals surface area contributed by atoms with Gasteiger partial charge < -0.3 is 10.1 Å². The van der Waals surface area contributed by atoms with Crippen LogP contribution in [0.5, 0.6) is 0 Å². The maximum absolute atomic E-state index is 5.08. The molecule has 1 aromatic rings. The van der Waals surface area contributed by atoms with Gasteiger partial charge in [0.15, 0.2) is 0 Å². The lowest BCUT2D eigenvalue weighted by molar-refractivity contribution is 0.403. The second kappa shape index (κ2) is 3.96. The molecule has 3 nitrogen and oxygen atoms in total. The molecule has 0 amide bonds. The minimum absolute atomic E-state index is 0.573. The first-order valence-corrected chi connectivity index (χ1v) is 4.49. The molecule has 0 saturated carbocycles. The zero-order valence-corrected chi connectivity index (χ0v) is 8.03. The summed E-state index contributed by atoms with van der Waals surface area (Å²) in [6, 6.07) is 10.1. The molecule has 0 unspecified atom stereocenters. The molecule has 0 fully saturated rings. The Morgan fingerprint density at radius 3 is 2.79 bits per heavy atom. The van der Waals surface area contributed by atoms with Crippen LogP contribution in [0.2, 0.25) is 0 Å². The third-order valence-corrected chi connectivity index (χ3v) is 2.07. The van der Waals surface area contributed by atoms with Gasteiger partial charge in [-0.1, -0.05) is 30.3 Å². The fourth-order valence-corrected chi connectivity index (χ4v) is 1.35. The van der Waals surface area contributed by atoms with Crippen molar-refractivity contribution >= 4 is 11.6 Å². The van der Waals surface area contributed by atoms with E-state index in [-0.39, 0.29) is 0 Å². The van der Waals surface area contributed by atoms with E-state index in [0.717, 1.165) is 11.3 Å². The van der Waals surface area contributed by atoms with E-state index >= 15 is 0 Å². The molecule has 3 heteroatoms. The van der Waals surface area contributed by atoms with Gasteiger partial charge >= 0.3 is 0 Å². The van der Waals surface area contributed by atoms with E-state index in [1.807, 2.05) is 24.3 Å². The van der Waals surface area contributed by atoms with Crippen LogP contribution in [0.15, 0.2) is 41.4 Å². The van der Waals surface area contributed by atoms with Crippen LogP contribution in [0.25, 0.3) is 5.70 Å². The van der Waals surface area contributed by atoms with Crippen molar-refractivity contribution in [3.63, 3.8) is 0 Å². The summed E-state index contributed by atoms with van der Waals surface area (Å²) in [7, 11) is 1.63. The Hall–Kier alpha value is -1.77. The van der Waals surface area contributed by atoms with Crippen LogP contribution >= 0.6 is 0 Å². The van der Waals surface area contributed by atoms with Crippen molar-refractivity contribution in [1.29, 1.82) is 0 Å². The van der Waals surface area contributed by atoms with Crippen molar-refractivity contribution in [2.45, 2.75) is 0 Å². The van der Waals surface area contributed by atoms with Crippen molar-refractivity contribution < 1.29 is 4.74 Å². The predicted molar refractivity (Wildman–Crippen MR) is 56.9 cm³/mol. The summed E-state index contributed by atoms with van der Waals surface area (Å²) in [5, 5.41) is 3.19. The van der Waals surface area contributed by atoms with Crippen molar-refractivity contribution in [3.05, 3.63) is 42.0 Å². The quantitative estimate of drug-likeness (QED) is 0.726. The number of nitrogens with one attached hydrogen (secondary N) is 1. The zero-order valence-electron chi connectivity index (χ0n) is 8.03. The first-order chi connectivity index (χ1) is 6.90. The molecule has 0 saturated heterocycles. The number of hydrogen-bond donors (Lipinski definition) is 1. The van der Waals surface area contributed by atoms with E-state index in [1.54, 1.807) is 7.11 Å². The summed E-state index contributed by atoms with van der Waals surface area (Å²) in [6.07, 6.45) is 1.90. The number of rotatable bonds is 1. The van der Waals surface area contributed by atoms with E-state index in [4.69, 9.17) is 4.74 Å². The highest BCUT2D eigenvalue weighted by molar-refractivity contribution is 5.95. The molecule has 1 aliphatic heterocycles. The molecule has 0 bridgehead atoms. The Bertz CT molecular complexity index is 368. The van der Waals surface area contributed by atoms with Gasteiger partial charge in [-0.2, -0.15) is 0 Å². The first kappa shape index (κ1) is 8.81.